The minimum atomic E-state index is 0.893. The van der Waals surface area contributed by atoms with Gasteiger partial charge in [0.15, 0.2) is 0 Å². The molecule has 1 fully saturated rings. The molecule has 2 aliphatic rings. The number of rotatable bonds is 1. The molecule has 2 aliphatic carbocycles. The van der Waals surface area contributed by atoms with E-state index in [0.29, 0.717) is 0 Å². The van der Waals surface area contributed by atoms with E-state index in [9.17, 15) is 0 Å². The Morgan fingerprint density at radius 3 is 2.60 bits per heavy atom. The number of allylic oxidation sites excluding steroid dienone is 4. The van der Waals surface area contributed by atoms with Gasteiger partial charge in [0, 0.05) is 11.0 Å². The normalized spacial score (nSPS) is 26.7. The Hall–Kier alpha value is -0.230. The van der Waals surface area contributed by atoms with Crippen LogP contribution in [0.4, 0.5) is 0 Å². The number of hydrogen-bond donors (Lipinski definition) is 0. The van der Waals surface area contributed by atoms with Crippen molar-refractivity contribution in [2.45, 2.75) is 19.3 Å². The summed E-state index contributed by atoms with van der Waals surface area (Å²) >= 11 is 5.77. The van der Waals surface area contributed by atoms with Crippen LogP contribution in [0, 0.1) is 11.8 Å². The Morgan fingerprint density at radius 2 is 2.10 bits per heavy atom. The standard InChI is InChI=1S/C9H10Cl/c10-9-5-3-8(4-6-9)7-1-2-7/h3,5-7H,1-2,4H2. The van der Waals surface area contributed by atoms with Crippen molar-refractivity contribution in [3.63, 3.8) is 0 Å². The van der Waals surface area contributed by atoms with Gasteiger partial charge in [-0.3, -0.25) is 0 Å². The zero-order valence-corrected chi connectivity index (χ0v) is 6.56. The number of halogens is 1. The molecule has 0 N–H and O–H groups in total. The molecular weight excluding hydrogens is 144 g/mol. The molecule has 1 heteroatoms. The molecule has 0 aromatic rings. The van der Waals surface area contributed by atoms with Gasteiger partial charge in [-0.1, -0.05) is 23.8 Å². The summed E-state index contributed by atoms with van der Waals surface area (Å²) in [5, 5.41) is 0.893. The second kappa shape index (κ2) is 2.43. The molecule has 53 valence electrons. The van der Waals surface area contributed by atoms with Crippen molar-refractivity contribution in [2.24, 2.45) is 5.92 Å². The molecule has 0 aliphatic heterocycles. The van der Waals surface area contributed by atoms with E-state index >= 15 is 0 Å². The topological polar surface area (TPSA) is 0 Å². The molecule has 0 unspecified atom stereocenters. The molecular formula is C9H10Cl. The van der Waals surface area contributed by atoms with Gasteiger partial charge in [0.2, 0.25) is 0 Å². The predicted molar refractivity (Wildman–Crippen MR) is 43.7 cm³/mol. The molecule has 0 saturated heterocycles. The highest BCUT2D eigenvalue weighted by Gasteiger charge is 2.29. The molecule has 0 nitrogen and oxygen atoms in total. The van der Waals surface area contributed by atoms with Crippen LogP contribution in [0.25, 0.3) is 0 Å². The van der Waals surface area contributed by atoms with Crippen molar-refractivity contribution in [3.05, 3.63) is 29.2 Å². The van der Waals surface area contributed by atoms with Gasteiger partial charge in [-0.25, -0.2) is 0 Å². The van der Waals surface area contributed by atoms with Gasteiger partial charge >= 0.3 is 0 Å². The number of hydrogen-bond acceptors (Lipinski definition) is 0. The fourth-order valence-corrected chi connectivity index (χ4v) is 1.44. The second-order valence-corrected chi connectivity index (χ2v) is 3.41. The summed E-state index contributed by atoms with van der Waals surface area (Å²) in [6, 6.07) is 0. The minimum absolute atomic E-state index is 0.893. The lowest BCUT2D eigenvalue weighted by Gasteiger charge is -2.10. The molecule has 0 aromatic heterocycles. The van der Waals surface area contributed by atoms with Crippen molar-refractivity contribution < 1.29 is 0 Å². The molecule has 0 bridgehead atoms. The maximum atomic E-state index is 5.77. The Labute approximate surface area is 66.6 Å². The van der Waals surface area contributed by atoms with E-state index in [1.54, 1.807) is 5.92 Å². The first-order chi connectivity index (χ1) is 4.86. The Bertz CT molecular complexity index is 187. The van der Waals surface area contributed by atoms with Crippen LogP contribution in [-0.4, -0.2) is 0 Å². The predicted octanol–water partition coefficient (Wildman–Crippen LogP) is 3.05. The fraction of sp³-hybridized carbons (Fsp3) is 0.444. The molecule has 0 atom stereocenters. The zero-order chi connectivity index (χ0) is 6.97. The summed E-state index contributed by atoms with van der Waals surface area (Å²) in [4.78, 5) is 0. The monoisotopic (exact) mass is 153 g/mol. The van der Waals surface area contributed by atoms with Crippen LogP contribution in [-0.2, 0) is 0 Å². The van der Waals surface area contributed by atoms with Crippen molar-refractivity contribution in [1.82, 2.24) is 0 Å². The van der Waals surface area contributed by atoms with E-state index in [2.05, 4.69) is 12.2 Å². The van der Waals surface area contributed by atoms with E-state index in [1.165, 1.54) is 12.8 Å². The highest BCUT2D eigenvalue weighted by Crippen LogP contribution is 2.42. The third kappa shape index (κ3) is 1.27. The molecule has 1 radical (unpaired) electrons. The van der Waals surface area contributed by atoms with Crippen LogP contribution in [0.1, 0.15) is 19.3 Å². The van der Waals surface area contributed by atoms with Crippen molar-refractivity contribution in [1.29, 1.82) is 0 Å². The second-order valence-electron chi connectivity index (χ2n) is 2.98. The third-order valence-electron chi connectivity index (χ3n) is 2.09. The smallest absolute Gasteiger partial charge is 0.0363 e. The molecule has 0 spiro atoms. The van der Waals surface area contributed by atoms with Crippen molar-refractivity contribution in [3.8, 4) is 0 Å². The first-order valence-corrected chi connectivity index (χ1v) is 4.13. The maximum absolute atomic E-state index is 5.77. The van der Waals surface area contributed by atoms with E-state index in [-0.39, 0.29) is 0 Å². The highest BCUT2D eigenvalue weighted by atomic mass is 35.5. The van der Waals surface area contributed by atoms with E-state index in [0.717, 1.165) is 17.4 Å². The van der Waals surface area contributed by atoms with Crippen LogP contribution < -0.4 is 0 Å². The lowest BCUT2D eigenvalue weighted by Crippen LogP contribution is -1.97. The average molecular weight is 154 g/mol. The summed E-state index contributed by atoms with van der Waals surface area (Å²) in [7, 11) is 0. The molecule has 1 saturated carbocycles. The molecule has 2 rings (SSSR count). The molecule has 0 aromatic carbocycles. The van der Waals surface area contributed by atoms with Crippen molar-refractivity contribution >= 4 is 11.6 Å². The SMILES string of the molecule is ClC1=CC[C](C2CC2)C=C1. The Balaban J connectivity index is 1.99. The lowest BCUT2D eigenvalue weighted by atomic mass is 9.96. The lowest BCUT2D eigenvalue weighted by molar-refractivity contribution is 0.837. The third-order valence-corrected chi connectivity index (χ3v) is 2.37. The van der Waals surface area contributed by atoms with Gasteiger partial charge in [0.25, 0.3) is 0 Å². The summed E-state index contributed by atoms with van der Waals surface area (Å²) < 4.78 is 0. The first kappa shape index (κ1) is 6.48. The zero-order valence-electron chi connectivity index (χ0n) is 5.81. The van der Waals surface area contributed by atoms with Crippen LogP contribution in [0.5, 0.6) is 0 Å². The van der Waals surface area contributed by atoms with Crippen molar-refractivity contribution in [2.75, 3.05) is 0 Å². The highest BCUT2D eigenvalue weighted by molar-refractivity contribution is 6.31. The summed E-state index contributed by atoms with van der Waals surface area (Å²) in [6.07, 6.45) is 10.1. The quantitative estimate of drug-likeness (QED) is 0.543. The van der Waals surface area contributed by atoms with Gasteiger partial charge < -0.3 is 0 Å². The van der Waals surface area contributed by atoms with E-state index in [1.807, 2.05) is 6.08 Å². The van der Waals surface area contributed by atoms with Gasteiger partial charge in [-0.2, -0.15) is 0 Å². The van der Waals surface area contributed by atoms with E-state index < -0.39 is 0 Å². The van der Waals surface area contributed by atoms with Crippen LogP contribution in [0.2, 0.25) is 0 Å². The van der Waals surface area contributed by atoms with Gasteiger partial charge in [-0.15, -0.1) is 0 Å². The largest absolute Gasteiger partial charge is 0.0847 e. The van der Waals surface area contributed by atoms with Crippen LogP contribution >= 0.6 is 11.6 Å². The molecule has 10 heavy (non-hydrogen) atoms. The van der Waals surface area contributed by atoms with E-state index in [4.69, 9.17) is 11.6 Å². The summed E-state index contributed by atoms with van der Waals surface area (Å²) in [6.45, 7) is 0. The molecule has 0 heterocycles. The first-order valence-electron chi connectivity index (χ1n) is 3.76. The van der Waals surface area contributed by atoms with Gasteiger partial charge in [0.1, 0.15) is 0 Å². The van der Waals surface area contributed by atoms with Crippen LogP contribution in [0.3, 0.4) is 0 Å². The maximum Gasteiger partial charge on any atom is 0.0363 e. The molecule has 0 amide bonds. The minimum Gasteiger partial charge on any atom is -0.0847 e. The van der Waals surface area contributed by atoms with Gasteiger partial charge in [0.05, 0.1) is 0 Å². The Kier molecular flexibility index (Phi) is 1.57. The van der Waals surface area contributed by atoms with Gasteiger partial charge in [-0.05, 0) is 31.3 Å². The average Bonchev–Trinajstić information content (AvgIpc) is 2.71. The summed E-state index contributed by atoms with van der Waals surface area (Å²) in [5.74, 6) is 2.47. The fourth-order valence-electron chi connectivity index (χ4n) is 1.29. The Morgan fingerprint density at radius 1 is 1.30 bits per heavy atom. The summed E-state index contributed by atoms with van der Waals surface area (Å²) in [5.41, 5.74) is 0. The van der Waals surface area contributed by atoms with Crippen LogP contribution in [0.15, 0.2) is 23.3 Å².